The largest absolute Gasteiger partial charge is 0.464 e. The summed E-state index contributed by atoms with van der Waals surface area (Å²) in [6.07, 6.45) is 9.07. The van der Waals surface area contributed by atoms with Crippen LogP contribution in [0.25, 0.3) is 0 Å². The van der Waals surface area contributed by atoms with E-state index in [0.717, 1.165) is 12.8 Å². The maximum Gasteiger partial charge on any atom is 0.407 e. The number of nitrogens with one attached hydrogen (secondary N) is 1. The third-order valence-electron chi connectivity index (χ3n) is 2.91. The van der Waals surface area contributed by atoms with Crippen molar-refractivity contribution < 1.29 is 19.1 Å². The fourth-order valence-electron chi connectivity index (χ4n) is 1.80. The third kappa shape index (κ3) is 13.2. The molecular weight excluding hydrogens is 258 g/mol. The van der Waals surface area contributed by atoms with Crippen molar-refractivity contribution in [2.24, 2.45) is 0 Å². The summed E-state index contributed by atoms with van der Waals surface area (Å²) >= 11 is 0. The predicted octanol–water partition coefficient (Wildman–Crippen LogP) is 3.42. The summed E-state index contributed by atoms with van der Waals surface area (Å²) < 4.78 is 9.64. The smallest absolute Gasteiger partial charge is 0.407 e. The second-order valence-corrected chi connectivity index (χ2v) is 4.77. The first-order valence-electron chi connectivity index (χ1n) is 7.77. The van der Waals surface area contributed by atoms with E-state index in [1.54, 1.807) is 6.92 Å². The number of amides is 1. The number of carbonyl (C=O) groups excluding carboxylic acids is 2. The monoisotopic (exact) mass is 287 g/mol. The van der Waals surface area contributed by atoms with Gasteiger partial charge in [0.25, 0.3) is 0 Å². The van der Waals surface area contributed by atoms with Crippen LogP contribution in [0.1, 0.15) is 65.2 Å². The zero-order chi connectivity index (χ0) is 15.1. The molecule has 1 amide bonds. The molecule has 0 unspecified atom stereocenters. The Hall–Kier alpha value is -1.26. The molecule has 0 aromatic rings. The van der Waals surface area contributed by atoms with Crippen LogP contribution in [-0.4, -0.2) is 31.8 Å². The molecule has 0 rings (SSSR count). The molecule has 0 radical (unpaired) electrons. The molecule has 0 saturated carbocycles. The molecule has 0 aromatic heterocycles. The second kappa shape index (κ2) is 14.2. The van der Waals surface area contributed by atoms with Crippen molar-refractivity contribution in [3.8, 4) is 0 Å². The molecule has 5 heteroatoms. The zero-order valence-corrected chi connectivity index (χ0v) is 12.9. The van der Waals surface area contributed by atoms with Crippen molar-refractivity contribution in [2.75, 3.05) is 19.8 Å². The molecule has 0 heterocycles. The highest BCUT2D eigenvalue weighted by atomic mass is 16.6. The van der Waals surface area contributed by atoms with Gasteiger partial charge in [0.1, 0.15) is 6.54 Å². The molecule has 1 N–H and O–H groups in total. The van der Waals surface area contributed by atoms with Gasteiger partial charge in [0, 0.05) is 0 Å². The third-order valence-corrected chi connectivity index (χ3v) is 2.91. The summed E-state index contributed by atoms with van der Waals surface area (Å²) in [7, 11) is 0. The van der Waals surface area contributed by atoms with Gasteiger partial charge in [-0.15, -0.1) is 0 Å². The summed E-state index contributed by atoms with van der Waals surface area (Å²) in [5.41, 5.74) is 0. The van der Waals surface area contributed by atoms with E-state index in [2.05, 4.69) is 17.0 Å². The summed E-state index contributed by atoms with van der Waals surface area (Å²) in [4.78, 5) is 22.2. The van der Waals surface area contributed by atoms with E-state index in [0.29, 0.717) is 13.2 Å². The van der Waals surface area contributed by atoms with Gasteiger partial charge >= 0.3 is 12.1 Å². The van der Waals surface area contributed by atoms with E-state index in [-0.39, 0.29) is 6.54 Å². The molecule has 0 fully saturated rings. The van der Waals surface area contributed by atoms with Gasteiger partial charge in [0.05, 0.1) is 13.2 Å². The van der Waals surface area contributed by atoms with Gasteiger partial charge in [-0.1, -0.05) is 51.9 Å². The topological polar surface area (TPSA) is 64.6 Å². The van der Waals surface area contributed by atoms with E-state index in [1.165, 1.54) is 38.5 Å². The molecule has 0 bridgehead atoms. The Bertz CT molecular complexity index is 256. The molecule has 0 aliphatic heterocycles. The van der Waals surface area contributed by atoms with Gasteiger partial charge in [-0.05, 0) is 13.3 Å². The van der Waals surface area contributed by atoms with Crippen molar-refractivity contribution in [3.63, 3.8) is 0 Å². The van der Waals surface area contributed by atoms with Gasteiger partial charge in [-0.25, -0.2) is 4.79 Å². The highest BCUT2D eigenvalue weighted by Crippen LogP contribution is 2.08. The Morgan fingerprint density at radius 3 is 2.05 bits per heavy atom. The predicted molar refractivity (Wildman–Crippen MR) is 78.6 cm³/mol. The fraction of sp³-hybridized carbons (Fsp3) is 0.867. The summed E-state index contributed by atoms with van der Waals surface area (Å²) in [5.74, 6) is -0.416. The lowest BCUT2D eigenvalue weighted by molar-refractivity contribution is -0.142. The van der Waals surface area contributed by atoms with Gasteiger partial charge in [-0.2, -0.15) is 0 Å². The molecule has 5 nitrogen and oxygen atoms in total. The van der Waals surface area contributed by atoms with E-state index in [9.17, 15) is 9.59 Å². The standard InChI is InChI=1S/C15H29NO4/c1-3-5-6-7-8-9-10-11-12-20-14(17)13-16-15(18)19-4-2/h3-13H2,1-2H3,(H,16,18). The van der Waals surface area contributed by atoms with E-state index < -0.39 is 12.1 Å². The maximum absolute atomic E-state index is 11.3. The van der Waals surface area contributed by atoms with Crippen LogP contribution in [-0.2, 0) is 14.3 Å². The zero-order valence-electron chi connectivity index (χ0n) is 12.9. The lowest BCUT2D eigenvalue weighted by atomic mass is 10.1. The Balaban J connectivity index is 3.25. The minimum absolute atomic E-state index is 0.129. The van der Waals surface area contributed by atoms with Gasteiger partial charge in [0.2, 0.25) is 0 Å². The first kappa shape index (κ1) is 18.7. The molecule has 20 heavy (non-hydrogen) atoms. The molecule has 0 aliphatic rings. The van der Waals surface area contributed by atoms with Crippen molar-refractivity contribution in [3.05, 3.63) is 0 Å². The molecule has 0 saturated heterocycles. The number of hydrogen-bond acceptors (Lipinski definition) is 4. The Labute approximate surface area is 122 Å². The lowest BCUT2D eigenvalue weighted by Gasteiger charge is -2.06. The van der Waals surface area contributed by atoms with Crippen LogP contribution in [0, 0.1) is 0 Å². The normalized spacial score (nSPS) is 10.1. The summed E-state index contributed by atoms with van der Waals surface area (Å²) in [6, 6.07) is 0. The van der Waals surface area contributed by atoms with Crippen molar-refractivity contribution >= 4 is 12.1 Å². The van der Waals surface area contributed by atoms with Gasteiger partial charge < -0.3 is 14.8 Å². The van der Waals surface area contributed by atoms with Crippen molar-refractivity contribution in [1.82, 2.24) is 5.32 Å². The van der Waals surface area contributed by atoms with Gasteiger partial charge in [-0.3, -0.25) is 4.79 Å². The molecule has 0 atom stereocenters. The summed E-state index contributed by atoms with van der Waals surface area (Å²) in [5, 5.41) is 2.33. The van der Waals surface area contributed by atoms with E-state index in [1.807, 2.05) is 0 Å². The van der Waals surface area contributed by atoms with E-state index in [4.69, 9.17) is 4.74 Å². The Morgan fingerprint density at radius 1 is 0.850 bits per heavy atom. The van der Waals surface area contributed by atoms with Crippen molar-refractivity contribution in [1.29, 1.82) is 0 Å². The van der Waals surface area contributed by atoms with Crippen molar-refractivity contribution in [2.45, 2.75) is 65.2 Å². The van der Waals surface area contributed by atoms with Crippen LogP contribution in [0.3, 0.4) is 0 Å². The molecular formula is C15H29NO4. The van der Waals surface area contributed by atoms with Crippen LogP contribution in [0.4, 0.5) is 4.79 Å². The minimum atomic E-state index is -0.587. The lowest BCUT2D eigenvalue weighted by Crippen LogP contribution is -2.31. The molecule has 0 aromatic carbocycles. The number of ether oxygens (including phenoxy) is 2. The average Bonchev–Trinajstić information content (AvgIpc) is 2.43. The quantitative estimate of drug-likeness (QED) is 0.441. The summed E-state index contributed by atoms with van der Waals surface area (Å²) in [6.45, 7) is 4.51. The van der Waals surface area contributed by atoms with Crippen LogP contribution in [0.5, 0.6) is 0 Å². The average molecular weight is 287 g/mol. The minimum Gasteiger partial charge on any atom is -0.464 e. The fourth-order valence-corrected chi connectivity index (χ4v) is 1.80. The first-order chi connectivity index (χ1) is 9.70. The molecule has 118 valence electrons. The van der Waals surface area contributed by atoms with Gasteiger partial charge in [0.15, 0.2) is 0 Å². The van der Waals surface area contributed by atoms with Crippen LogP contribution in [0.15, 0.2) is 0 Å². The first-order valence-corrected chi connectivity index (χ1v) is 7.77. The maximum atomic E-state index is 11.3. The van der Waals surface area contributed by atoms with Crippen LogP contribution < -0.4 is 5.32 Å². The highest BCUT2D eigenvalue weighted by molar-refractivity contribution is 5.77. The van der Waals surface area contributed by atoms with Crippen LogP contribution in [0.2, 0.25) is 0 Å². The number of carbonyl (C=O) groups is 2. The number of alkyl carbamates (subject to hydrolysis) is 1. The van der Waals surface area contributed by atoms with Crippen LogP contribution >= 0.6 is 0 Å². The number of esters is 1. The second-order valence-electron chi connectivity index (χ2n) is 4.77. The molecule has 0 aliphatic carbocycles. The number of hydrogen-bond donors (Lipinski definition) is 1. The Morgan fingerprint density at radius 2 is 1.45 bits per heavy atom. The Kier molecular flexibility index (Phi) is 13.3. The SMILES string of the molecule is CCCCCCCCCCOC(=O)CNC(=O)OCC. The molecule has 0 spiro atoms. The number of unbranched alkanes of at least 4 members (excludes halogenated alkanes) is 7. The van der Waals surface area contributed by atoms with E-state index >= 15 is 0 Å². The number of rotatable bonds is 12. The highest BCUT2D eigenvalue weighted by Gasteiger charge is 2.06.